The molecule has 0 aromatic carbocycles. The molecule has 156 valence electrons. The van der Waals surface area contributed by atoms with Gasteiger partial charge in [-0.25, -0.2) is 8.42 Å². The molecule has 0 spiro atoms. The van der Waals surface area contributed by atoms with Gasteiger partial charge in [0, 0.05) is 36.7 Å². The predicted molar refractivity (Wildman–Crippen MR) is 109 cm³/mol. The summed E-state index contributed by atoms with van der Waals surface area (Å²) in [7, 11) is -3.48. The number of ether oxygens (including phenoxy) is 1. The number of carbonyl (C=O) groups is 1. The van der Waals surface area contributed by atoms with Gasteiger partial charge in [-0.2, -0.15) is 0 Å². The summed E-state index contributed by atoms with van der Waals surface area (Å²) in [5, 5.41) is 2.83. The molecule has 1 heterocycles. The molecular weight excluding hydrogens is 378 g/mol. The van der Waals surface area contributed by atoms with E-state index in [-0.39, 0.29) is 24.2 Å². The molecular formula is C20H31N3O4S. The summed E-state index contributed by atoms with van der Waals surface area (Å²) in [5.41, 5.74) is 7.18. The van der Waals surface area contributed by atoms with Crippen molar-refractivity contribution < 1.29 is 17.9 Å². The number of carbonyl (C=O) groups excluding carboxylic acids is 1. The highest BCUT2D eigenvalue weighted by Gasteiger charge is 2.37. The van der Waals surface area contributed by atoms with E-state index in [2.05, 4.69) is 10.3 Å². The smallest absolute Gasteiger partial charge is 0.217 e. The summed E-state index contributed by atoms with van der Waals surface area (Å²) >= 11 is 0. The van der Waals surface area contributed by atoms with Gasteiger partial charge in [-0.15, -0.1) is 0 Å². The van der Waals surface area contributed by atoms with Crippen molar-refractivity contribution >= 4 is 15.7 Å². The van der Waals surface area contributed by atoms with E-state index in [4.69, 9.17) is 10.5 Å². The first-order valence-corrected chi connectivity index (χ1v) is 11.4. The Bertz CT molecular complexity index is 776. The Morgan fingerprint density at radius 2 is 1.96 bits per heavy atom. The molecule has 8 heteroatoms. The Labute approximate surface area is 167 Å². The van der Waals surface area contributed by atoms with Crippen LogP contribution in [0.1, 0.15) is 45.6 Å². The highest BCUT2D eigenvalue weighted by molar-refractivity contribution is 7.95. The lowest BCUT2D eigenvalue weighted by Crippen LogP contribution is -2.57. The van der Waals surface area contributed by atoms with Crippen molar-refractivity contribution in [3.63, 3.8) is 0 Å². The van der Waals surface area contributed by atoms with Gasteiger partial charge in [-0.05, 0) is 43.0 Å². The number of aryl methyl sites for hydroxylation is 1. The first kappa shape index (κ1) is 22.5. The Morgan fingerprint density at radius 3 is 2.54 bits per heavy atom. The summed E-state index contributed by atoms with van der Waals surface area (Å²) in [6.45, 7) is 5.45. The van der Waals surface area contributed by atoms with Crippen LogP contribution in [0, 0.1) is 0 Å². The number of amides is 1. The topological polar surface area (TPSA) is 111 Å². The molecule has 0 saturated heterocycles. The van der Waals surface area contributed by atoms with Gasteiger partial charge in [-0.1, -0.05) is 13.8 Å². The first-order valence-electron chi connectivity index (χ1n) is 9.77. The predicted octanol–water partition coefficient (Wildman–Crippen LogP) is 1.73. The molecule has 3 atom stereocenters. The van der Waals surface area contributed by atoms with Crippen molar-refractivity contribution in [3.8, 4) is 0 Å². The zero-order valence-corrected chi connectivity index (χ0v) is 17.6. The number of aromatic nitrogens is 1. The quantitative estimate of drug-likeness (QED) is 0.642. The third kappa shape index (κ3) is 6.12. The third-order valence-electron chi connectivity index (χ3n) is 5.04. The van der Waals surface area contributed by atoms with E-state index in [0.717, 1.165) is 18.4 Å². The fraction of sp³-hybridized carbons (Fsp3) is 0.600. The molecule has 0 saturated carbocycles. The highest BCUT2D eigenvalue weighted by atomic mass is 32.2. The molecule has 1 aliphatic rings. The van der Waals surface area contributed by atoms with Gasteiger partial charge >= 0.3 is 0 Å². The van der Waals surface area contributed by atoms with Crippen molar-refractivity contribution in [1.82, 2.24) is 10.3 Å². The monoisotopic (exact) mass is 409 g/mol. The minimum Gasteiger partial charge on any atom is -0.369 e. The number of pyridine rings is 1. The average molecular weight is 410 g/mol. The number of sulfone groups is 1. The van der Waals surface area contributed by atoms with Crippen LogP contribution in [0.5, 0.6) is 0 Å². The lowest BCUT2D eigenvalue weighted by atomic mass is 9.93. The normalized spacial score (nSPS) is 22.8. The van der Waals surface area contributed by atoms with E-state index >= 15 is 0 Å². The van der Waals surface area contributed by atoms with Crippen LogP contribution in [-0.2, 0) is 25.8 Å². The van der Waals surface area contributed by atoms with E-state index in [9.17, 15) is 13.2 Å². The Kier molecular flexibility index (Phi) is 8.15. The lowest BCUT2D eigenvalue weighted by Gasteiger charge is -2.37. The fourth-order valence-electron chi connectivity index (χ4n) is 3.37. The van der Waals surface area contributed by atoms with Crippen LogP contribution in [0.15, 0.2) is 35.5 Å². The Hall–Kier alpha value is -1.77. The van der Waals surface area contributed by atoms with E-state index in [1.54, 1.807) is 18.5 Å². The molecule has 0 fully saturated rings. The number of nitrogens with two attached hydrogens (primary N) is 1. The van der Waals surface area contributed by atoms with E-state index in [1.807, 2.05) is 26.0 Å². The van der Waals surface area contributed by atoms with E-state index in [0.29, 0.717) is 11.3 Å². The van der Waals surface area contributed by atoms with Gasteiger partial charge in [-0.3, -0.25) is 9.78 Å². The van der Waals surface area contributed by atoms with Gasteiger partial charge in [0.2, 0.25) is 5.91 Å². The van der Waals surface area contributed by atoms with Crippen LogP contribution in [0.25, 0.3) is 0 Å². The van der Waals surface area contributed by atoms with Crippen molar-refractivity contribution in [1.29, 1.82) is 0 Å². The standard InChI is InChI=1S/C20H31N3O4S/c1-4-16(5-2)27-19-13-17(12-18(21)20(19)23-14(3)24)28(25,26)11-8-15-6-9-22-10-7-15/h6-7,9-10,13,16,18-20H,4-5,8,11-12,21H2,1-3H3,(H,23,24)/t18-,19+,20+/m0/s1. The second kappa shape index (κ2) is 10.1. The van der Waals surface area contributed by atoms with Gasteiger partial charge in [0.1, 0.15) is 0 Å². The maximum absolute atomic E-state index is 12.9. The summed E-state index contributed by atoms with van der Waals surface area (Å²) in [4.78, 5) is 15.8. The SMILES string of the molecule is CCC(CC)O[C@@H]1C=C(S(=O)(=O)CCc2ccncc2)C[C@H](N)[C@H]1NC(C)=O. The molecule has 0 unspecified atom stereocenters. The molecule has 0 bridgehead atoms. The van der Waals surface area contributed by atoms with Gasteiger partial charge in [0.05, 0.1) is 24.0 Å². The molecule has 7 nitrogen and oxygen atoms in total. The van der Waals surface area contributed by atoms with Gasteiger partial charge < -0.3 is 15.8 Å². The summed E-state index contributed by atoms with van der Waals surface area (Å²) < 4.78 is 32.0. The summed E-state index contributed by atoms with van der Waals surface area (Å²) in [5.74, 6) is -0.214. The molecule has 1 amide bonds. The molecule has 1 aromatic heterocycles. The summed E-state index contributed by atoms with van der Waals surface area (Å²) in [6, 6.07) is 2.64. The average Bonchev–Trinajstić information content (AvgIpc) is 2.67. The van der Waals surface area contributed by atoms with Crippen LogP contribution in [0.3, 0.4) is 0 Å². The highest BCUT2D eigenvalue weighted by Crippen LogP contribution is 2.27. The number of nitrogens with zero attached hydrogens (tertiary/aromatic N) is 1. The Morgan fingerprint density at radius 1 is 1.32 bits per heavy atom. The van der Waals surface area contributed by atoms with Crippen LogP contribution in [0.2, 0.25) is 0 Å². The van der Waals surface area contributed by atoms with E-state index < -0.39 is 28.0 Å². The van der Waals surface area contributed by atoms with Crippen LogP contribution in [-0.4, -0.2) is 49.4 Å². The molecule has 1 aliphatic carbocycles. The molecule has 0 aliphatic heterocycles. The molecule has 28 heavy (non-hydrogen) atoms. The van der Waals surface area contributed by atoms with Gasteiger partial charge in [0.25, 0.3) is 0 Å². The van der Waals surface area contributed by atoms with Crippen LogP contribution in [0.4, 0.5) is 0 Å². The fourth-order valence-corrected chi connectivity index (χ4v) is 4.93. The van der Waals surface area contributed by atoms with E-state index in [1.165, 1.54) is 6.92 Å². The number of hydrogen-bond donors (Lipinski definition) is 2. The third-order valence-corrected chi connectivity index (χ3v) is 6.88. The second-order valence-electron chi connectivity index (χ2n) is 7.19. The number of nitrogens with one attached hydrogen (secondary N) is 1. The Balaban J connectivity index is 2.23. The maximum atomic E-state index is 12.9. The first-order chi connectivity index (χ1) is 13.3. The largest absolute Gasteiger partial charge is 0.369 e. The van der Waals surface area contributed by atoms with Gasteiger partial charge in [0.15, 0.2) is 9.84 Å². The summed E-state index contributed by atoms with van der Waals surface area (Å²) in [6.07, 6.45) is 6.54. The molecule has 1 aromatic rings. The van der Waals surface area contributed by atoms with Crippen molar-refractivity contribution in [3.05, 3.63) is 41.1 Å². The maximum Gasteiger partial charge on any atom is 0.217 e. The van der Waals surface area contributed by atoms with Crippen LogP contribution < -0.4 is 11.1 Å². The minimum atomic E-state index is -3.48. The van der Waals surface area contributed by atoms with Crippen molar-refractivity contribution in [2.75, 3.05) is 5.75 Å². The van der Waals surface area contributed by atoms with Crippen molar-refractivity contribution in [2.24, 2.45) is 5.73 Å². The number of hydrogen-bond acceptors (Lipinski definition) is 6. The van der Waals surface area contributed by atoms with Crippen LogP contribution >= 0.6 is 0 Å². The molecule has 3 N–H and O–H groups in total. The zero-order chi connectivity index (χ0) is 20.7. The molecule has 2 rings (SSSR count). The number of rotatable bonds is 9. The second-order valence-corrected chi connectivity index (χ2v) is 9.35. The molecule has 0 radical (unpaired) electrons. The minimum absolute atomic E-state index is 0.00191. The van der Waals surface area contributed by atoms with Crippen molar-refractivity contribution in [2.45, 2.75) is 70.7 Å². The zero-order valence-electron chi connectivity index (χ0n) is 16.8. The lowest BCUT2D eigenvalue weighted by molar-refractivity contribution is -0.121.